The van der Waals surface area contributed by atoms with Crippen molar-refractivity contribution >= 4 is 29.9 Å². The van der Waals surface area contributed by atoms with Gasteiger partial charge in [-0.05, 0) is 110 Å². The second-order valence-corrected chi connectivity index (χ2v) is 17.9. The fraction of sp³-hybridized carbons (Fsp3) is 0.650. The number of alkyl halides is 3. The minimum absolute atomic E-state index is 0.0212. The van der Waals surface area contributed by atoms with Gasteiger partial charge in [0.2, 0.25) is 5.91 Å². The topological polar surface area (TPSA) is 167 Å². The Bertz CT molecular complexity index is 1900. The van der Waals surface area contributed by atoms with Crippen molar-refractivity contribution in [3.05, 3.63) is 52.1 Å². The number of likely N-dealkylation sites (tertiary alicyclic amines) is 1. The molecule has 1 aromatic carbocycles. The Labute approximate surface area is 337 Å². The van der Waals surface area contributed by atoms with E-state index in [0.29, 0.717) is 30.7 Å². The zero-order chi connectivity index (χ0) is 43.0. The molecule has 1 aliphatic carbocycles. The summed E-state index contributed by atoms with van der Waals surface area (Å²) in [6, 6.07) is 4.46. The number of nitrogens with zero attached hydrogens (tertiary/aromatic N) is 5. The first-order chi connectivity index (χ1) is 26.8. The maximum atomic E-state index is 14.5. The van der Waals surface area contributed by atoms with Crippen LogP contribution in [-0.4, -0.2) is 117 Å². The summed E-state index contributed by atoms with van der Waals surface area (Å²) in [5, 5.41) is 7.99. The lowest BCUT2D eigenvalue weighted by atomic mass is 9.96. The van der Waals surface area contributed by atoms with Gasteiger partial charge in [-0.2, -0.15) is 18.2 Å². The second kappa shape index (κ2) is 16.8. The van der Waals surface area contributed by atoms with Gasteiger partial charge in [0, 0.05) is 58.1 Å². The first-order valence-corrected chi connectivity index (χ1v) is 19.7. The second-order valence-electron chi connectivity index (χ2n) is 17.9. The molecule has 3 fully saturated rings. The molecular formula is C40H57F3N8O7. The van der Waals surface area contributed by atoms with Crippen molar-refractivity contribution in [2.75, 3.05) is 51.1 Å². The highest BCUT2D eigenvalue weighted by Crippen LogP contribution is 2.52. The van der Waals surface area contributed by atoms with Crippen LogP contribution >= 0.6 is 0 Å². The number of piperidine rings is 1. The zero-order valence-electron chi connectivity index (χ0n) is 34.8. The number of piperazine rings is 1. The summed E-state index contributed by atoms with van der Waals surface area (Å²) >= 11 is 0. The fourth-order valence-corrected chi connectivity index (χ4v) is 7.72. The van der Waals surface area contributed by atoms with E-state index < -0.39 is 52.4 Å². The number of rotatable bonds is 10. The normalized spacial score (nSPS) is 20.5. The predicted molar refractivity (Wildman–Crippen MR) is 210 cm³/mol. The van der Waals surface area contributed by atoms with Gasteiger partial charge >= 0.3 is 30.1 Å². The molecule has 320 valence electrons. The van der Waals surface area contributed by atoms with Crippen molar-refractivity contribution in [2.45, 2.75) is 104 Å². The number of ether oxygens (including phenoxy) is 2. The molecule has 0 radical (unpaired) electrons. The summed E-state index contributed by atoms with van der Waals surface area (Å²) in [6.45, 7) is 18.3. The van der Waals surface area contributed by atoms with E-state index >= 15 is 0 Å². The smallest absolute Gasteiger partial charge is 0.416 e. The number of carbonyl (C=O) groups excluding carboxylic acids is 4. The largest absolute Gasteiger partial charge is 0.444 e. The molecule has 5 amide bonds. The number of benzene rings is 1. The molecule has 0 spiro atoms. The van der Waals surface area contributed by atoms with Gasteiger partial charge in [0.05, 0.1) is 11.3 Å². The van der Waals surface area contributed by atoms with Gasteiger partial charge in [0.1, 0.15) is 22.6 Å². The number of carbonyl (C=O) groups is 4. The van der Waals surface area contributed by atoms with Crippen LogP contribution in [0, 0.1) is 17.8 Å². The van der Waals surface area contributed by atoms with Gasteiger partial charge in [0.25, 0.3) is 0 Å². The predicted octanol–water partition coefficient (Wildman–Crippen LogP) is 5.25. The maximum absolute atomic E-state index is 14.5. The average Bonchev–Trinajstić information content (AvgIpc) is 3.55. The highest BCUT2D eigenvalue weighted by molar-refractivity contribution is 5.90. The van der Waals surface area contributed by atoms with E-state index in [4.69, 9.17) is 9.47 Å². The minimum Gasteiger partial charge on any atom is -0.444 e. The quantitative estimate of drug-likeness (QED) is 0.290. The van der Waals surface area contributed by atoms with Crippen LogP contribution in [0.15, 0.2) is 35.3 Å². The molecular weight excluding hydrogens is 761 g/mol. The van der Waals surface area contributed by atoms with Crippen molar-refractivity contribution in [3.63, 3.8) is 0 Å². The van der Waals surface area contributed by atoms with Crippen molar-refractivity contribution in [1.29, 1.82) is 0 Å². The molecule has 1 saturated carbocycles. The Morgan fingerprint density at radius 2 is 1.45 bits per heavy atom. The monoisotopic (exact) mass is 818 g/mol. The van der Waals surface area contributed by atoms with Crippen molar-refractivity contribution in [1.82, 2.24) is 34.9 Å². The van der Waals surface area contributed by atoms with Crippen LogP contribution in [0.1, 0.15) is 79.9 Å². The summed E-state index contributed by atoms with van der Waals surface area (Å²) in [5.74, 6) is 0.628. The molecule has 15 nitrogen and oxygen atoms in total. The average molecular weight is 819 g/mol. The molecule has 5 rings (SSSR count). The maximum Gasteiger partial charge on any atom is 0.416 e. The lowest BCUT2D eigenvalue weighted by Crippen LogP contribution is -2.60. The van der Waals surface area contributed by atoms with E-state index in [-0.39, 0.29) is 61.6 Å². The highest BCUT2D eigenvalue weighted by atomic mass is 19.4. The molecule has 1 aromatic heterocycles. The summed E-state index contributed by atoms with van der Waals surface area (Å²) < 4.78 is 55.1. The van der Waals surface area contributed by atoms with Crippen LogP contribution < -0.4 is 21.6 Å². The van der Waals surface area contributed by atoms with Crippen LogP contribution in [0.2, 0.25) is 0 Å². The third-order valence-corrected chi connectivity index (χ3v) is 10.6. The first kappa shape index (κ1) is 44.2. The Morgan fingerprint density at radius 3 is 2.00 bits per heavy atom. The number of alkyl carbamates (subject to hydrolysis) is 2. The van der Waals surface area contributed by atoms with E-state index in [0.717, 1.165) is 23.7 Å². The summed E-state index contributed by atoms with van der Waals surface area (Å²) in [5.41, 5.74) is -4.20. The Hall–Kier alpha value is -4.87. The first-order valence-electron chi connectivity index (χ1n) is 19.7. The van der Waals surface area contributed by atoms with Gasteiger partial charge in [-0.3, -0.25) is 19.6 Å². The van der Waals surface area contributed by atoms with Crippen molar-refractivity contribution < 1.29 is 41.8 Å². The van der Waals surface area contributed by atoms with Crippen LogP contribution in [-0.2, 0) is 26.9 Å². The SMILES string of the molecule is CCC(Cc1ccc(-n2ccc(NC(=O)N3CCN(C(=O)C(C)(C)NC(=O)OC(C)(C)C)CC3)nc2=O)cc1C(F)(F)F)N1CC2C(CNC(=O)OC(C)(C)C)C2C1. The standard InChI is InChI=1S/C40H57F3N8O7/c1-10-25(50-22-28-27(29(28)23-50)21-44-35(55)57-37(2,3)4)19-24-11-12-26(20-30(24)40(41,42)43)51-14-13-31(46-34(51)54)45-33(53)49-17-15-48(16-18-49)32(52)39(8,9)47-36(56)58-38(5,6)7/h11-14,20,25,27-29H,10,15-19,21-23H2,1-9H3,(H,44,55)(H,47,56)(H,45,46,53,54). The van der Waals surface area contributed by atoms with E-state index in [9.17, 15) is 37.1 Å². The third-order valence-electron chi connectivity index (χ3n) is 10.6. The number of fused-ring (bicyclic) bond motifs is 1. The Balaban J connectivity index is 1.16. The molecule has 3 N–H and O–H groups in total. The molecule has 2 saturated heterocycles. The van der Waals surface area contributed by atoms with Gasteiger partial charge in [-0.15, -0.1) is 0 Å². The molecule has 3 aliphatic rings. The lowest BCUT2D eigenvalue weighted by molar-refractivity contribution is -0.139. The van der Waals surface area contributed by atoms with E-state index in [1.54, 1.807) is 55.4 Å². The molecule has 3 atom stereocenters. The van der Waals surface area contributed by atoms with Crippen LogP contribution in [0.4, 0.5) is 33.4 Å². The molecule has 58 heavy (non-hydrogen) atoms. The number of nitrogens with one attached hydrogen (secondary N) is 3. The molecule has 3 heterocycles. The van der Waals surface area contributed by atoms with Crippen LogP contribution in [0.3, 0.4) is 0 Å². The lowest BCUT2D eigenvalue weighted by Gasteiger charge is -2.38. The third kappa shape index (κ3) is 11.2. The minimum atomic E-state index is -4.68. The molecule has 2 aromatic rings. The summed E-state index contributed by atoms with van der Waals surface area (Å²) in [6.07, 6.45) is -3.79. The van der Waals surface area contributed by atoms with E-state index in [2.05, 4.69) is 25.8 Å². The van der Waals surface area contributed by atoms with Crippen molar-refractivity contribution in [2.24, 2.45) is 17.8 Å². The number of hydrogen-bond acceptors (Lipinski definition) is 9. The summed E-state index contributed by atoms with van der Waals surface area (Å²) in [4.78, 5) is 72.8. The number of hydrogen-bond donors (Lipinski definition) is 3. The number of halogens is 3. The number of anilines is 1. The zero-order valence-corrected chi connectivity index (χ0v) is 34.8. The molecule has 18 heteroatoms. The van der Waals surface area contributed by atoms with Gasteiger partial charge in [0.15, 0.2) is 0 Å². The van der Waals surface area contributed by atoms with Crippen molar-refractivity contribution in [3.8, 4) is 5.69 Å². The van der Waals surface area contributed by atoms with Crippen LogP contribution in [0.5, 0.6) is 0 Å². The van der Waals surface area contributed by atoms with E-state index in [1.807, 2.05) is 6.92 Å². The number of amides is 5. The molecule has 0 bridgehead atoms. The summed E-state index contributed by atoms with van der Waals surface area (Å²) in [7, 11) is 0. The Kier molecular flexibility index (Phi) is 12.8. The number of aromatic nitrogens is 2. The highest BCUT2D eigenvalue weighted by Gasteiger charge is 2.56. The van der Waals surface area contributed by atoms with Gasteiger partial charge in [-0.1, -0.05) is 13.0 Å². The van der Waals surface area contributed by atoms with Gasteiger partial charge in [-0.25, -0.2) is 19.2 Å². The van der Waals surface area contributed by atoms with Gasteiger partial charge < -0.3 is 29.9 Å². The van der Waals surface area contributed by atoms with Crippen LogP contribution in [0.25, 0.3) is 5.69 Å². The molecule has 2 aliphatic heterocycles. The molecule has 3 unspecified atom stereocenters. The number of urea groups is 1. The van der Waals surface area contributed by atoms with E-state index in [1.165, 1.54) is 34.2 Å². The Morgan fingerprint density at radius 1 is 0.862 bits per heavy atom. The fourth-order valence-electron chi connectivity index (χ4n) is 7.72.